The largest absolute Gasteiger partial charge is 0.489 e. The predicted molar refractivity (Wildman–Crippen MR) is 88.3 cm³/mol. The zero-order chi connectivity index (χ0) is 18.3. The van der Waals surface area contributed by atoms with E-state index in [9.17, 15) is 21.6 Å². The molecule has 8 heteroatoms. The Bertz CT molecular complexity index is 694. The standard InChI is InChI=1S/C17H22F3NO3S/c1-13(24-15-4-2-14(3-5-15)17(18,19)20)10-21-8-6-16(7-9-21)11-25(22,23)12-16/h2-5,13H,6-12H2,1H3/t13-/m1/s1. The van der Waals surface area contributed by atoms with Crippen LogP contribution in [-0.4, -0.2) is 50.6 Å². The van der Waals surface area contributed by atoms with E-state index in [0.29, 0.717) is 23.8 Å². The Kier molecular flexibility index (Phi) is 4.79. The molecule has 0 saturated carbocycles. The topological polar surface area (TPSA) is 46.6 Å². The molecule has 2 fully saturated rings. The molecule has 0 N–H and O–H groups in total. The summed E-state index contributed by atoms with van der Waals surface area (Å²) in [5.74, 6) is 1.04. The van der Waals surface area contributed by atoms with E-state index in [1.807, 2.05) is 6.92 Å². The van der Waals surface area contributed by atoms with Gasteiger partial charge in [0.05, 0.1) is 17.1 Å². The van der Waals surface area contributed by atoms with Crippen molar-refractivity contribution in [1.82, 2.24) is 4.90 Å². The average Bonchev–Trinajstić information content (AvgIpc) is 2.47. The van der Waals surface area contributed by atoms with Crippen LogP contribution in [0.3, 0.4) is 0 Å². The van der Waals surface area contributed by atoms with Crippen molar-refractivity contribution in [3.05, 3.63) is 29.8 Å². The molecule has 25 heavy (non-hydrogen) atoms. The van der Waals surface area contributed by atoms with E-state index in [1.165, 1.54) is 12.1 Å². The minimum Gasteiger partial charge on any atom is -0.489 e. The highest BCUT2D eigenvalue weighted by Gasteiger charge is 2.49. The van der Waals surface area contributed by atoms with Crippen LogP contribution >= 0.6 is 0 Å². The van der Waals surface area contributed by atoms with Gasteiger partial charge in [0.15, 0.2) is 9.84 Å². The van der Waals surface area contributed by atoms with Gasteiger partial charge in [0.25, 0.3) is 0 Å². The fourth-order valence-electron chi connectivity index (χ4n) is 3.75. The van der Waals surface area contributed by atoms with Crippen molar-refractivity contribution in [2.75, 3.05) is 31.1 Å². The first kappa shape index (κ1) is 18.5. The number of nitrogens with zero attached hydrogens (tertiary/aromatic N) is 1. The predicted octanol–water partition coefficient (Wildman–Crippen LogP) is 2.98. The maximum atomic E-state index is 12.6. The quantitative estimate of drug-likeness (QED) is 0.809. The summed E-state index contributed by atoms with van der Waals surface area (Å²) in [5, 5.41) is 0. The molecular weight excluding hydrogens is 355 g/mol. The number of hydrogen-bond donors (Lipinski definition) is 0. The molecule has 2 saturated heterocycles. The van der Waals surface area contributed by atoms with Gasteiger partial charge in [0.1, 0.15) is 11.9 Å². The molecule has 1 spiro atoms. The zero-order valence-corrected chi connectivity index (χ0v) is 14.9. The lowest BCUT2D eigenvalue weighted by molar-refractivity contribution is -0.137. The van der Waals surface area contributed by atoms with Gasteiger partial charge in [-0.25, -0.2) is 8.42 Å². The van der Waals surface area contributed by atoms with Crippen molar-refractivity contribution < 1.29 is 26.3 Å². The van der Waals surface area contributed by atoms with E-state index in [0.717, 1.165) is 38.1 Å². The number of halogens is 3. The van der Waals surface area contributed by atoms with Crippen molar-refractivity contribution in [1.29, 1.82) is 0 Å². The summed E-state index contributed by atoms with van der Waals surface area (Å²) in [7, 11) is -2.81. The fraction of sp³-hybridized carbons (Fsp3) is 0.647. The summed E-state index contributed by atoms with van der Waals surface area (Å²) in [6, 6.07) is 4.71. The lowest BCUT2D eigenvalue weighted by Gasteiger charge is -2.47. The van der Waals surface area contributed by atoms with Crippen molar-refractivity contribution >= 4 is 9.84 Å². The molecule has 1 aromatic carbocycles. The molecule has 1 atom stereocenters. The molecule has 4 nitrogen and oxygen atoms in total. The number of hydrogen-bond acceptors (Lipinski definition) is 4. The molecule has 0 aliphatic carbocycles. The monoisotopic (exact) mass is 377 g/mol. The second-order valence-electron chi connectivity index (χ2n) is 7.28. The smallest absolute Gasteiger partial charge is 0.416 e. The van der Waals surface area contributed by atoms with Gasteiger partial charge < -0.3 is 4.74 Å². The molecule has 0 amide bonds. The average molecular weight is 377 g/mol. The summed E-state index contributed by atoms with van der Waals surface area (Å²) < 4.78 is 66.2. The summed E-state index contributed by atoms with van der Waals surface area (Å²) in [4.78, 5) is 2.23. The van der Waals surface area contributed by atoms with E-state index in [4.69, 9.17) is 4.74 Å². The van der Waals surface area contributed by atoms with Crippen molar-refractivity contribution in [3.63, 3.8) is 0 Å². The normalized spacial score (nSPS) is 23.8. The molecule has 0 radical (unpaired) electrons. The van der Waals surface area contributed by atoms with Gasteiger partial charge >= 0.3 is 6.18 Å². The summed E-state index contributed by atoms with van der Waals surface area (Å²) >= 11 is 0. The van der Waals surface area contributed by atoms with Gasteiger partial charge in [0.2, 0.25) is 0 Å². The third-order valence-electron chi connectivity index (χ3n) is 5.00. The first-order valence-electron chi connectivity index (χ1n) is 8.34. The SMILES string of the molecule is C[C@H](CN1CCC2(CC1)CS(=O)(=O)C2)Oc1ccc(C(F)(F)F)cc1. The second kappa shape index (κ2) is 6.46. The Labute approximate surface area is 145 Å². The minimum atomic E-state index is -4.34. The molecule has 0 unspecified atom stereocenters. The van der Waals surface area contributed by atoms with E-state index in [2.05, 4.69) is 4.90 Å². The minimum absolute atomic E-state index is 0.0210. The molecule has 2 aliphatic rings. The van der Waals surface area contributed by atoms with Gasteiger partial charge in [-0.2, -0.15) is 13.2 Å². The second-order valence-corrected chi connectivity index (χ2v) is 9.35. The number of likely N-dealkylation sites (tertiary alicyclic amines) is 1. The van der Waals surface area contributed by atoms with Crippen LogP contribution in [0, 0.1) is 5.41 Å². The van der Waals surface area contributed by atoms with Crippen LogP contribution in [-0.2, 0) is 16.0 Å². The van der Waals surface area contributed by atoms with Gasteiger partial charge in [-0.05, 0) is 57.1 Å². The number of ether oxygens (including phenoxy) is 1. The maximum Gasteiger partial charge on any atom is 0.416 e. The third-order valence-corrected chi connectivity index (χ3v) is 7.11. The molecule has 2 heterocycles. The van der Waals surface area contributed by atoms with Gasteiger partial charge in [0, 0.05) is 12.0 Å². The number of alkyl halides is 3. The maximum absolute atomic E-state index is 12.6. The number of sulfone groups is 1. The van der Waals surface area contributed by atoms with Crippen molar-refractivity contribution in [2.45, 2.75) is 32.0 Å². The van der Waals surface area contributed by atoms with E-state index >= 15 is 0 Å². The summed E-state index contributed by atoms with van der Waals surface area (Å²) in [5.41, 5.74) is -0.711. The molecule has 0 aromatic heterocycles. The highest BCUT2D eigenvalue weighted by Crippen LogP contribution is 2.42. The Balaban J connectivity index is 1.46. The lowest BCUT2D eigenvalue weighted by Crippen LogP contribution is -2.55. The Morgan fingerprint density at radius 3 is 2.20 bits per heavy atom. The first-order valence-corrected chi connectivity index (χ1v) is 10.2. The number of rotatable bonds is 4. The van der Waals surface area contributed by atoms with Crippen LogP contribution in [0.4, 0.5) is 13.2 Å². The molecule has 3 rings (SSSR count). The third kappa shape index (κ3) is 4.47. The van der Waals surface area contributed by atoms with Gasteiger partial charge in [-0.1, -0.05) is 0 Å². The summed E-state index contributed by atoms with van der Waals surface area (Å²) in [6.45, 7) is 4.21. The molecule has 1 aromatic rings. The van der Waals surface area contributed by atoms with Crippen LogP contribution < -0.4 is 4.74 Å². The highest BCUT2D eigenvalue weighted by molar-refractivity contribution is 7.92. The van der Waals surface area contributed by atoms with Crippen molar-refractivity contribution in [2.24, 2.45) is 5.41 Å². The Morgan fingerprint density at radius 2 is 1.72 bits per heavy atom. The van der Waals surface area contributed by atoms with E-state index < -0.39 is 21.6 Å². The van der Waals surface area contributed by atoms with Crippen LogP contribution in [0.5, 0.6) is 5.75 Å². The lowest BCUT2D eigenvalue weighted by atomic mass is 9.81. The van der Waals surface area contributed by atoms with Gasteiger partial charge in [-0.3, -0.25) is 4.90 Å². The molecular formula is C17H22F3NO3S. The zero-order valence-electron chi connectivity index (χ0n) is 14.1. The van der Waals surface area contributed by atoms with Crippen molar-refractivity contribution in [3.8, 4) is 5.75 Å². The first-order chi connectivity index (χ1) is 11.6. The van der Waals surface area contributed by atoms with Gasteiger partial charge in [-0.15, -0.1) is 0 Å². The van der Waals surface area contributed by atoms with E-state index in [-0.39, 0.29) is 11.5 Å². The fourth-order valence-corrected chi connectivity index (χ4v) is 6.10. The number of benzene rings is 1. The molecule has 0 bridgehead atoms. The van der Waals surface area contributed by atoms with Crippen LogP contribution in [0.2, 0.25) is 0 Å². The highest BCUT2D eigenvalue weighted by atomic mass is 32.2. The summed E-state index contributed by atoms with van der Waals surface area (Å²) in [6.07, 6.45) is -2.75. The van der Waals surface area contributed by atoms with Crippen LogP contribution in [0.1, 0.15) is 25.3 Å². The Morgan fingerprint density at radius 1 is 1.16 bits per heavy atom. The van der Waals surface area contributed by atoms with Crippen LogP contribution in [0.15, 0.2) is 24.3 Å². The van der Waals surface area contributed by atoms with Crippen LogP contribution in [0.25, 0.3) is 0 Å². The molecule has 140 valence electrons. The Hall–Kier alpha value is -1.28. The molecule has 2 aliphatic heterocycles. The van der Waals surface area contributed by atoms with E-state index in [1.54, 1.807) is 0 Å². The number of piperidine rings is 1.